The van der Waals surface area contributed by atoms with Crippen LogP contribution in [0.2, 0.25) is 0 Å². The summed E-state index contributed by atoms with van der Waals surface area (Å²) in [6, 6.07) is 0. The molecule has 1 fully saturated rings. The summed E-state index contributed by atoms with van der Waals surface area (Å²) in [6.07, 6.45) is -3.27. The van der Waals surface area contributed by atoms with E-state index in [1.807, 2.05) is 0 Å². The minimum atomic E-state index is -1.63. The smallest absolute Gasteiger partial charge is 0.336 e. The molecule has 1 saturated heterocycles. The molecule has 0 aliphatic carbocycles. The largest absolute Gasteiger partial charge is 0.479 e. The highest BCUT2D eigenvalue weighted by Gasteiger charge is 2.35. The SMILES string of the molecule is O=C(O)[C@H]1OCCOCCOCCOCCOCCO[C@H]1C(=O)O. The van der Waals surface area contributed by atoms with Crippen molar-refractivity contribution < 1.29 is 48.2 Å². The highest BCUT2D eigenvalue weighted by Crippen LogP contribution is 2.06. The number of carboxylic acids is 2. The molecule has 0 bridgehead atoms. The Hall–Kier alpha value is -1.30. The Labute approximate surface area is 139 Å². The maximum atomic E-state index is 11.2. The summed E-state index contributed by atoms with van der Waals surface area (Å²) in [6.45, 7) is 2.28. The van der Waals surface area contributed by atoms with Gasteiger partial charge in [-0.3, -0.25) is 0 Å². The van der Waals surface area contributed by atoms with E-state index in [9.17, 15) is 9.59 Å². The van der Waals surface area contributed by atoms with Crippen molar-refractivity contribution >= 4 is 11.9 Å². The van der Waals surface area contributed by atoms with Crippen LogP contribution in [0.4, 0.5) is 0 Å². The van der Waals surface area contributed by atoms with Gasteiger partial charge < -0.3 is 38.6 Å². The van der Waals surface area contributed by atoms with E-state index in [2.05, 4.69) is 0 Å². The van der Waals surface area contributed by atoms with E-state index in [-0.39, 0.29) is 26.4 Å². The second kappa shape index (κ2) is 13.0. The lowest BCUT2D eigenvalue weighted by molar-refractivity contribution is -0.179. The van der Waals surface area contributed by atoms with Crippen LogP contribution in [-0.2, 0) is 38.0 Å². The van der Waals surface area contributed by atoms with Crippen LogP contribution in [0.25, 0.3) is 0 Å². The Morgan fingerprint density at radius 3 is 1.04 bits per heavy atom. The average molecular weight is 352 g/mol. The number of carboxylic acid groups (broad SMARTS) is 2. The molecule has 1 aliphatic heterocycles. The van der Waals surface area contributed by atoms with Gasteiger partial charge in [-0.15, -0.1) is 0 Å². The van der Waals surface area contributed by atoms with Gasteiger partial charge in [-0.05, 0) is 0 Å². The number of carbonyl (C=O) groups is 2. The van der Waals surface area contributed by atoms with E-state index in [1.165, 1.54) is 0 Å². The summed E-state index contributed by atoms with van der Waals surface area (Å²) >= 11 is 0. The van der Waals surface area contributed by atoms with Gasteiger partial charge in [0.05, 0.1) is 66.1 Å². The van der Waals surface area contributed by atoms with Crippen LogP contribution in [0.5, 0.6) is 0 Å². The molecule has 0 aromatic rings. The molecule has 2 N–H and O–H groups in total. The van der Waals surface area contributed by atoms with Crippen LogP contribution in [0.3, 0.4) is 0 Å². The molecule has 0 aromatic carbocycles. The van der Waals surface area contributed by atoms with Gasteiger partial charge in [0.1, 0.15) is 0 Å². The van der Waals surface area contributed by atoms with Crippen molar-refractivity contribution in [2.24, 2.45) is 0 Å². The first-order valence-electron chi connectivity index (χ1n) is 7.62. The molecule has 0 unspecified atom stereocenters. The van der Waals surface area contributed by atoms with Gasteiger partial charge in [-0.25, -0.2) is 9.59 Å². The van der Waals surface area contributed by atoms with E-state index in [0.717, 1.165) is 0 Å². The highest BCUT2D eigenvalue weighted by atomic mass is 16.6. The maximum Gasteiger partial charge on any atom is 0.336 e. The van der Waals surface area contributed by atoms with Crippen molar-refractivity contribution in [3.05, 3.63) is 0 Å². The molecule has 0 amide bonds. The first-order chi connectivity index (χ1) is 11.6. The fourth-order valence-electron chi connectivity index (χ4n) is 1.81. The molecular formula is C14H24O10. The molecule has 1 aliphatic rings. The van der Waals surface area contributed by atoms with E-state index in [4.69, 9.17) is 38.6 Å². The molecule has 0 aromatic heterocycles. The molecule has 10 heteroatoms. The van der Waals surface area contributed by atoms with Gasteiger partial charge in [-0.2, -0.15) is 0 Å². The zero-order chi connectivity index (χ0) is 17.6. The van der Waals surface area contributed by atoms with Gasteiger partial charge in [0.25, 0.3) is 0 Å². The standard InChI is InChI=1S/C14H24O10/c15-13(16)11-12(14(17)18)24-10-8-22-6-4-20-2-1-19-3-5-21-7-9-23-11/h11-12H,1-10H2,(H,15,16)(H,17,18)/t11-,12+. The third-order valence-corrected chi connectivity index (χ3v) is 2.93. The number of ether oxygens (including phenoxy) is 6. The fourth-order valence-corrected chi connectivity index (χ4v) is 1.81. The molecular weight excluding hydrogens is 328 g/mol. The van der Waals surface area contributed by atoms with Crippen molar-refractivity contribution in [2.45, 2.75) is 12.2 Å². The third kappa shape index (κ3) is 9.11. The average Bonchev–Trinajstić information content (AvgIpc) is 2.54. The summed E-state index contributed by atoms with van der Waals surface area (Å²) in [5.74, 6) is -2.84. The first-order valence-corrected chi connectivity index (χ1v) is 7.62. The molecule has 0 saturated carbocycles. The minimum Gasteiger partial charge on any atom is -0.479 e. The molecule has 0 radical (unpaired) electrons. The zero-order valence-corrected chi connectivity index (χ0v) is 13.4. The van der Waals surface area contributed by atoms with Gasteiger partial charge >= 0.3 is 11.9 Å². The van der Waals surface area contributed by atoms with Crippen molar-refractivity contribution in [1.82, 2.24) is 0 Å². The third-order valence-electron chi connectivity index (χ3n) is 2.93. The Morgan fingerprint density at radius 1 is 0.542 bits per heavy atom. The molecule has 2 atom stereocenters. The van der Waals surface area contributed by atoms with Crippen LogP contribution >= 0.6 is 0 Å². The maximum absolute atomic E-state index is 11.2. The second-order valence-electron chi connectivity index (χ2n) is 4.71. The van der Waals surface area contributed by atoms with E-state index in [1.54, 1.807) is 0 Å². The van der Waals surface area contributed by atoms with E-state index >= 15 is 0 Å². The summed E-state index contributed by atoms with van der Waals surface area (Å²) < 4.78 is 31.1. The highest BCUT2D eigenvalue weighted by molar-refractivity contribution is 5.83. The zero-order valence-electron chi connectivity index (χ0n) is 13.4. The molecule has 10 nitrogen and oxygen atoms in total. The Kier molecular flexibility index (Phi) is 11.3. The van der Waals surface area contributed by atoms with Crippen molar-refractivity contribution in [3.63, 3.8) is 0 Å². The predicted molar refractivity (Wildman–Crippen MR) is 78.0 cm³/mol. The lowest BCUT2D eigenvalue weighted by Gasteiger charge is -2.21. The van der Waals surface area contributed by atoms with Crippen molar-refractivity contribution in [1.29, 1.82) is 0 Å². The molecule has 0 spiro atoms. The Bertz CT molecular complexity index is 327. The Balaban J connectivity index is 2.52. The van der Waals surface area contributed by atoms with Crippen molar-refractivity contribution in [2.75, 3.05) is 66.1 Å². The second-order valence-corrected chi connectivity index (χ2v) is 4.71. The van der Waals surface area contributed by atoms with Gasteiger partial charge in [0.15, 0.2) is 12.2 Å². The number of hydrogen-bond acceptors (Lipinski definition) is 8. The number of rotatable bonds is 2. The summed E-state index contributed by atoms with van der Waals surface area (Å²) in [4.78, 5) is 22.4. The van der Waals surface area contributed by atoms with E-state index in [0.29, 0.717) is 39.6 Å². The van der Waals surface area contributed by atoms with Crippen LogP contribution < -0.4 is 0 Å². The monoisotopic (exact) mass is 352 g/mol. The number of hydrogen-bond donors (Lipinski definition) is 2. The minimum absolute atomic E-state index is 0.0796. The van der Waals surface area contributed by atoms with Gasteiger partial charge in [0, 0.05) is 0 Å². The summed E-state index contributed by atoms with van der Waals surface area (Å²) in [5.41, 5.74) is 0. The normalized spacial score (nSPS) is 26.8. The van der Waals surface area contributed by atoms with Crippen LogP contribution in [0.1, 0.15) is 0 Å². The van der Waals surface area contributed by atoms with Crippen LogP contribution in [0, 0.1) is 0 Å². The van der Waals surface area contributed by atoms with Crippen LogP contribution in [0.15, 0.2) is 0 Å². The van der Waals surface area contributed by atoms with Gasteiger partial charge in [0.2, 0.25) is 0 Å². The topological polar surface area (TPSA) is 130 Å². The van der Waals surface area contributed by atoms with Gasteiger partial charge in [-0.1, -0.05) is 0 Å². The summed E-state index contributed by atoms with van der Waals surface area (Å²) in [7, 11) is 0. The molecule has 140 valence electrons. The van der Waals surface area contributed by atoms with E-state index < -0.39 is 24.1 Å². The van der Waals surface area contributed by atoms with Crippen LogP contribution in [-0.4, -0.2) is 100 Å². The Morgan fingerprint density at radius 2 is 0.792 bits per heavy atom. The predicted octanol–water partition coefficient (Wildman–Crippen LogP) is -0.994. The lowest BCUT2D eigenvalue weighted by Crippen LogP contribution is -2.44. The fraction of sp³-hybridized carbons (Fsp3) is 0.857. The number of aliphatic carboxylic acids is 2. The molecule has 24 heavy (non-hydrogen) atoms. The molecule has 1 rings (SSSR count). The lowest BCUT2D eigenvalue weighted by atomic mass is 10.2. The summed E-state index contributed by atoms with van der Waals surface area (Å²) in [5, 5.41) is 18.3. The van der Waals surface area contributed by atoms with Crippen molar-refractivity contribution in [3.8, 4) is 0 Å². The first kappa shape index (κ1) is 20.7. The quantitative estimate of drug-likeness (QED) is 0.638. The molecule has 1 heterocycles.